The van der Waals surface area contributed by atoms with Gasteiger partial charge in [-0.15, -0.1) is 0 Å². The lowest BCUT2D eigenvalue weighted by molar-refractivity contribution is -0.121. The number of pyridine rings is 1. The van der Waals surface area contributed by atoms with Crippen LogP contribution in [0.2, 0.25) is 5.02 Å². The Bertz CT molecular complexity index is 1190. The number of carbonyl (C=O) groups excluding carboxylic acids is 1. The maximum atomic E-state index is 12.3. The number of halogens is 1. The smallest absolute Gasteiger partial charge is 0.220 e. The standard InChI is InChI=1S/C23H22ClN5O/c1-15-20(9-10-23(30)26-14-17-4-3-11-25-13-17)16(2)29-22(27-15)12-21(28-29)18-5-7-19(24)8-6-18/h3-8,11-13H,9-10,14H2,1-2H3,(H,26,30). The maximum Gasteiger partial charge on any atom is 0.220 e. The summed E-state index contributed by atoms with van der Waals surface area (Å²) < 4.78 is 1.85. The second-order valence-electron chi connectivity index (χ2n) is 7.21. The summed E-state index contributed by atoms with van der Waals surface area (Å²) in [7, 11) is 0. The first kappa shape index (κ1) is 20.0. The van der Waals surface area contributed by atoms with Gasteiger partial charge in [-0.3, -0.25) is 9.78 Å². The number of hydrogen-bond acceptors (Lipinski definition) is 4. The molecular weight excluding hydrogens is 398 g/mol. The molecule has 152 valence electrons. The normalized spacial score (nSPS) is 11.0. The van der Waals surface area contributed by atoms with Crippen LogP contribution < -0.4 is 5.32 Å². The van der Waals surface area contributed by atoms with Crippen molar-refractivity contribution < 1.29 is 4.79 Å². The first-order chi connectivity index (χ1) is 14.5. The monoisotopic (exact) mass is 419 g/mol. The van der Waals surface area contributed by atoms with E-state index >= 15 is 0 Å². The molecule has 1 N–H and O–H groups in total. The van der Waals surface area contributed by atoms with E-state index in [1.54, 1.807) is 12.4 Å². The number of aromatic nitrogens is 4. The topological polar surface area (TPSA) is 72.2 Å². The Hall–Kier alpha value is -3.25. The molecule has 0 radical (unpaired) electrons. The molecule has 1 aromatic carbocycles. The fourth-order valence-corrected chi connectivity index (χ4v) is 3.61. The molecule has 0 aliphatic heterocycles. The molecule has 30 heavy (non-hydrogen) atoms. The molecule has 3 aromatic heterocycles. The van der Waals surface area contributed by atoms with Crippen molar-refractivity contribution in [2.75, 3.05) is 0 Å². The van der Waals surface area contributed by atoms with Crippen molar-refractivity contribution in [2.45, 2.75) is 33.2 Å². The second-order valence-corrected chi connectivity index (χ2v) is 7.64. The summed E-state index contributed by atoms with van der Waals surface area (Å²) >= 11 is 5.99. The van der Waals surface area contributed by atoms with Crippen molar-refractivity contribution in [3.63, 3.8) is 0 Å². The molecule has 6 nitrogen and oxygen atoms in total. The third-order valence-corrected chi connectivity index (χ3v) is 5.37. The van der Waals surface area contributed by atoms with Gasteiger partial charge in [0.05, 0.1) is 5.69 Å². The quantitative estimate of drug-likeness (QED) is 0.505. The van der Waals surface area contributed by atoms with E-state index < -0.39 is 0 Å². The summed E-state index contributed by atoms with van der Waals surface area (Å²) in [6.07, 6.45) is 4.46. The SMILES string of the molecule is Cc1nc2cc(-c3ccc(Cl)cc3)nn2c(C)c1CCC(=O)NCc1cccnc1. The van der Waals surface area contributed by atoms with Gasteiger partial charge in [0.2, 0.25) is 5.91 Å². The Morgan fingerprint density at radius 3 is 2.70 bits per heavy atom. The van der Waals surface area contributed by atoms with E-state index in [1.165, 1.54) is 0 Å². The van der Waals surface area contributed by atoms with E-state index in [4.69, 9.17) is 21.7 Å². The highest BCUT2D eigenvalue weighted by atomic mass is 35.5. The number of rotatable bonds is 6. The Labute approximate surface area is 179 Å². The summed E-state index contributed by atoms with van der Waals surface area (Å²) in [6.45, 7) is 4.47. The highest BCUT2D eigenvalue weighted by Crippen LogP contribution is 2.24. The largest absolute Gasteiger partial charge is 0.352 e. The molecule has 7 heteroatoms. The van der Waals surface area contributed by atoms with Gasteiger partial charge >= 0.3 is 0 Å². The molecule has 0 saturated carbocycles. The molecule has 4 aromatic rings. The zero-order valence-corrected chi connectivity index (χ0v) is 17.6. The zero-order chi connectivity index (χ0) is 21.1. The molecule has 0 aliphatic rings. The van der Waals surface area contributed by atoms with Gasteiger partial charge in [0.1, 0.15) is 0 Å². The lowest BCUT2D eigenvalue weighted by Crippen LogP contribution is -2.23. The first-order valence-electron chi connectivity index (χ1n) is 9.78. The number of amides is 1. The van der Waals surface area contributed by atoms with Crippen molar-refractivity contribution in [1.82, 2.24) is 24.9 Å². The third kappa shape index (κ3) is 4.33. The van der Waals surface area contributed by atoms with E-state index in [0.717, 1.165) is 39.4 Å². The summed E-state index contributed by atoms with van der Waals surface area (Å²) in [6, 6.07) is 13.4. The van der Waals surface area contributed by atoms with E-state index in [9.17, 15) is 4.79 Å². The molecule has 0 aliphatic carbocycles. The number of carbonyl (C=O) groups is 1. The molecule has 4 rings (SSSR count). The van der Waals surface area contributed by atoms with Crippen LogP contribution in [-0.2, 0) is 17.8 Å². The van der Waals surface area contributed by atoms with Crippen LogP contribution in [0, 0.1) is 13.8 Å². The van der Waals surface area contributed by atoms with Gasteiger partial charge in [-0.25, -0.2) is 9.50 Å². The van der Waals surface area contributed by atoms with E-state index in [2.05, 4.69) is 10.3 Å². The van der Waals surface area contributed by atoms with Gasteiger partial charge in [0.15, 0.2) is 5.65 Å². The Morgan fingerprint density at radius 1 is 1.17 bits per heavy atom. The fraction of sp³-hybridized carbons (Fsp3) is 0.217. The first-order valence-corrected chi connectivity index (χ1v) is 10.2. The fourth-order valence-electron chi connectivity index (χ4n) is 3.48. The van der Waals surface area contributed by atoms with Gasteiger partial charge < -0.3 is 5.32 Å². The minimum absolute atomic E-state index is 0.0000635. The average molecular weight is 420 g/mol. The maximum absolute atomic E-state index is 12.3. The molecule has 0 saturated heterocycles. The average Bonchev–Trinajstić information content (AvgIpc) is 3.17. The van der Waals surface area contributed by atoms with Crippen LogP contribution in [0.3, 0.4) is 0 Å². The summed E-state index contributed by atoms with van der Waals surface area (Å²) in [5.41, 5.74) is 6.56. The highest BCUT2D eigenvalue weighted by molar-refractivity contribution is 6.30. The van der Waals surface area contributed by atoms with Gasteiger partial charge in [-0.1, -0.05) is 29.8 Å². The Morgan fingerprint density at radius 2 is 1.97 bits per heavy atom. The van der Waals surface area contributed by atoms with Crippen LogP contribution in [0.5, 0.6) is 0 Å². The van der Waals surface area contributed by atoms with Crippen LogP contribution in [0.15, 0.2) is 54.9 Å². The number of benzene rings is 1. The van der Waals surface area contributed by atoms with Crippen LogP contribution in [-0.4, -0.2) is 25.5 Å². The molecule has 0 fully saturated rings. The highest BCUT2D eigenvalue weighted by Gasteiger charge is 2.14. The van der Waals surface area contributed by atoms with E-state index in [-0.39, 0.29) is 5.91 Å². The zero-order valence-electron chi connectivity index (χ0n) is 16.9. The number of nitrogens with zero attached hydrogens (tertiary/aromatic N) is 4. The number of nitrogens with one attached hydrogen (secondary N) is 1. The van der Waals surface area contributed by atoms with Gasteiger partial charge in [0, 0.05) is 53.4 Å². The Balaban J connectivity index is 1.49. The number of hydrogen-bond donors (Lipinski definition) is 1. The third-order valence-electron chi connectivity index (χ3n) is 5.12. The second kappa shape index (κ2) is 8.63. The summed E-state index contributed by atoms with van der Waals surface area (Å²) in [4.78, 5) is 21.1. The predicted molar refractivity (Wildman–Crippen MR) is 117 cm³/mol. The Kier molecular flexibility index (Phi) is 5.77. The van der Waals surface area contributed by atoms with Gasteiger partial charge in [0.25, 0.3) is 0 Å². The van der Waals surface area contributed by atoms with Crippen molar-refractivity contribution in [3.8, 4) is 11.3 Å². The van der Waals surface area contributed by atoms with E-state index in [1.807, 2.05) is 60.8 Å². The van der Waals surface area contributed by atoms with E-state index in [0.29, 0.717) is 24.4 Å². The van der Waals surface area contributed by atoms with Crippen LogP contribution in [0.1, 0.15) is 28.9 Å². The van der Waals surface area contributed by atoms with Crippen molar-refractivity contribution in [2.24, 2.45) is 0 Å². The lowest BCUT2D eigenvalue weighted by atomic mass is 10.1. The predicted octanol–water partition coefficient (Wildman–Crippen LogP) is 4.31. The molecular formula is C23H22ClN5O. The molecule has 3 heterocycles. The number of fused-ring (bicyclic) bond motifs is 1. The molecule has 0 bridgehead atoms. The van der Waals surface area contributed by atoms with Crippen molar-refractivity contribution in [3.05, 3.63) is 82.4 Å². The summed E-state index contributed by atoms with van der Waals surface area (Å²) in [5, 5.41) is 8.35. The lowest BCUT2D eigenvalue weighted by Gasteiger charge is -2.11. The molecule has 1 amide bonds. The molecule has 0 atom stereocenters. The molecule has 0 unspecified atom stereocenters. The van der Waals surface area contributed by atoms with Crippen molar-refractivity contribution >= 4 is 23.2 Å². The number of aryl methyl sites for hydroxylation is 2. The minimum atomic E-state index is 0.0000635. The van der Waals surface area contributed by atoms with Crippen LogP contribution in [0.4, 0.5) is 0 Å². The van der Waals surface area contributed by atoms with Crippen molar-refractivity contribution in [1.29, 1.82) is 0 Å². The van der Waals surface area contributed by atoms with Crippen LogP contribution in [0.25, 0.3) is 16.9 Å². The van der Waals surface area contributed by atoms with Crippen LogP contribution >= 0.6 is 11.6 Å². The van der Waals surface area contributed by atoms with Gasteiger partial charge in [-0.05, 0) is 49.6 Å². The molecule has 0 spiro atoms. The summed E-state index contributed by atoms with van der Waals surface area (Å²) in [5.74, 6) is 0.0000635. The minimum Gasteiger partial charge on any atom is -0.352 e. The van der Waals surface area contributed by atoms with Gasteiger partial charge in [-0.2, -0.15) is 5.10 Å².